The topological polar surface area (TPSA) is 119 Å². The molecule has 9 heteroatoms. The van der Waals surface area contributed by atoms with Crippen molar-refractivity contribution in [2.24, 2.45) is 5.73 Å². The molecule has 2 amide bonds. The molecule has 0 saturated carbocycles. The number of amides is 2. The summed E-state index contributed by atoms with van der Waals surface area (Å²) < 4.78 is 14.3. The summed E-state index contributed by atoms with van der Waals surface area (Å²) in [5.74, 6) is -1.72. The van der Waals surface area contributed by atoms with E-state index < -0.39 is 23.6 Å². The number of fused-ring (bicyclic) bond motifs is 1. The van der Waals surface area contributed by atoms with Gasteiger partial charge in [0.15, 0.2) is 0 Å². The highest BCUT2D eigenvalue weighted by molar-refractivity contribution is 5.98. The maximum absolute atomic E-state index is 13.2. The fourth-order valence-electron chi connectivity index (χ4n) is 3.20. The second-order valence-electron chi connectivity index (χ2n) is 7.07. The van der Waals surface area contributed by atoms with Gasteiger partial charge in [-0.15, -0.1) is 0 Å². The Labute approximate surface area is 171 Å². The molecule has 0 aliphatic heterocycles. The third-order valence-electron chi connectivity index (χ3n) is 4.78. The van der Waals surface area contributed by atoms with Crippen LogP contribution in [-0.2, 0) is 24.4 Å². The number of aliphatic hydroxyl groups excluding tert-OH is 1. The number of aromatic nitrogens is 2. The highest BCUT2D eigenvalue weighted by atomic mass is 19.1. The minimum absolute atomic E-state index is 0.0179. The van der Waals surface area contributed by atoms with E-state index in [1.807, 2.05) is 0 Å². The largest absolute Gasteiger partial charge is 0.392 e. The second kappa shape index (κ2) is 8.42. The van der Waals surface area contributed by atoms with Crippen molar-refractivity contribution in [2.75, 3.05) is 14.1 Å². The number of hydrogen-bond donors (Lipinski definition) is 2. The molecule has 0 aliphatic carbocycles. The molecule has 0 aliphatic rings. The number of hydrogen-bond acceptors (Lipinski definition) is 5. The van der Waals surface area contributed by atoms with Crippen LogP contribution in [0.15, 0.2) is 41.3 Å². The molecule has 2 aromatic heterocycles. The van der Waals surface area contributed by atoms with Gasteiger partial charge in [-0.05, 0) is 35.7 Å². The number of pyridine rings is 2. The van der Waals surface area contributed by atoms with E-state index in [1.54, 1.807) is 32.3 Å². The summed E-state index contributed by atoms with van der Waals surface area (Å²) in [5, 5.41) is 9.77. The van der Waals surface area contributed by atoms with Crippen LogP contribution in [0.4, 0.5) is 4.39 Å². The Morgan fingerprint density at radius 1 is 1.20 bits per heavy atom. The maximum atomic E-state index is 13.2. The van der Waals surface area contributed by atoms with Crippen LogP contribution < -0.4 is 11.3 Å². The molecule has 0 atom stereocenters. The van der Waals surface area contributed by atoms with Gasteiger partial charge < -0.3 is 15.7 Å². The standard InChI is InChI=1S/C21H21FN4O4/c1-25(2)17(28)10-26-16-8-13(7-12-3-5-14(22)6-4-12)9-24-19(16)15(11-27)18(20(23)29)21(26)30/h3-6,8-9,27H,7,10-11H2,1-2H3,(H2,23,29). The molecular weight excluding hydrogens is 391 g/mol. The molecule has 30 heavy (non-hydrogen) atoms. The third-order valence-corrected chi connectivity index (χ3v) is 4.78. The van der Waals surface area contributed by atoms with Crippen LogP contribution >= 0.6 is 0 Å². The van der Waals surface area contributed by atoms with E-state index in [4.69, 9.17) is 5.73 Å². The molecule has 3 aromatic rings. The number of nitrogens with zero attached hydrogens (tertiary/aromatic N) is 3. The van der Waals surface area contributed by atoms with Gasteiger partial charge in [0.25, 0.3) is 11.5 Å². The lowest BCUT2D eigenvalue weighted by Crippen LogP contribution is -2.36. The summed E-state index contributed by atoms with van der Waals surface area (Å²) in [6, 6.07) is 7.63. The van der Waals surface area contributed by atoms with Crippen molar-refractivity contribution in [2.45, 2.75) is 19.6 Å². The Morgan fingerprint density at radius 2 is 1.87 bits per heavy atom. The van der Waals surface area contributed by atoms with Crippen LogP contribution in [0.5, 0.6) is 0 Å². The van der Waals surface area contributed by atoms with E-state index in [-0.39, 0.29) is 29.3 Å². The Hall–Kier alpha value is -3.59. The molecule has 0 bridgehead atoms. The van der Waals surface area contributed by atoms with Crippen molar-refractivity contribution in [3.05, 3.63) is 75.0 Å². The van der Waals surface area contributed by atoms with Gasteiger partial charge in [0, 0.05) is 25.9 Å². The van der Waals surface area contributed by atoms with Crippen molar-refractivity contribution < 1.29 is 19.1 Å². The Morgan fingerprint density at radius 3 is 2.43 bits per heavy atom. The first-order chi connectivity index (χ1) is 14.2. The molecule has 3 rings (SSSR count). The lowest BCUT2D eigenvalue weighted by Gasteiger charge is -2.17. The van der Waals surface area contributed by atoms with Crippen LogP contribution in [0, 0.1) is 5.82 Å². The van der Waals surface area contributed by atoms with E-state index in [9.17, 15) is 23.9 Å². The van der Waals surface area contributed by atoms with Crippen molar-refractivity contribution in [3.63, 3.8) is 0 Å². The maximum Gasteiger partial charge on any atom is 0.264 e. The highest BCUT2D eigenvalue weighted by Gasteiger charge is 2.23. The summed E-state index contributed by atoms with van der Waals surface area (Å²) in [6.07, 6.45) is 1.95. The molecule has 3 N–H and O–H groups in total. The van der Waals surface area contributed by atoms with E-state index in [2.05, 4.69) is 4.98 Å². The minimum atomic E-state index is -1.01. The van der Waals surface area contributed by atoms with Gasteiger partial charge >= 0.3 is 0 Å². The first kappa shape index (κ1) is 21.1. The molecule has 1 aromatic carbocycles. The number of likely N-dealkylation sites (N-methyl/N-ethyl adjacent to an activating group) is 1. The monoisotopic (exact) mass is 412 g/mol. The molecule has 0 spiro atoms. The van der Waals surface area contributed by atoms with E-state index in [0.29, 0.717) is 17.5 Å². The van der Waals surface area contributed by atoms with E-state index in [0.717, 1.165) is 10.1 Å². The normalized spacial score (nSPS) is 10.9. The first-order valence-electron chi connectivity index (χ1n) is 9.12. The minimum Gasteiger partial charge on any atom is -0.392 e. The van der Waals surface area contributed by atoms with Crippen LogP contribution in [0.1, 0.15) is 27.0 Å². The first-order valence-corrected chi connectivity index (χ1v) is 9.12. The van der Waals surface area contributed by atoms with Gasteiger partial charge in [-0.2, -0.15) is 0 Å². The van der Waals surface area contributed by atoms with Crippen LogP contribution in [0.25, 0.3) is 11.0 Å². The number of primary amides is 1. The molecule has 8 nitrogen and oxygen atoms in total. The summed E-state index contributed by atoms with van der Waals surface area (Å²) >= 11 is 0. The second-order valence-corrected chi connectivity index (χ2v) is 7.07. The predicted octanol–water partition coefficient (Wildman–Crippen LogP) is 0.806. The predicted molar refractivity (Wildman–Crippen MR) is 108 cm³/mol. The van der Waals surface area contributed by atoms with Crippen molar-refractivity contribution in [1.82, 2.24) is 14.5 Å². The quantitative estimate of drug-likeness (QED) is 0.621. The Bertz CT molecular complexity index is 1190. The summed E-state index contributed by atoms with van der Waals surface area (Å²) in [5.41, 5.74) is 6.26. The average Bonchev–Trinajstić information content (AvgIpc) is 2.70. The SMILES string of the molecule is CN(C)C(=O)Cn1c(=O)c(C(N)=O)c(CO)c2ncc(Cc3ccc(F)cc3)cc21. The zero-order valence-corrected chi connectivity index (χ0v) is 16.6. The zero-order chi connectivity index (χ0) is 22.0. The molecule has 0 fully saturated rings. The fourth-order valence-corrected chi connectivity index (χ4v) is 3.20. The molecule has 0 unspecified atom stereocenters. The molecule has 2 heterocycles. The number of benzene rings is 1. The Kier molecular flexibility index (Phi) is 5.93. The molecule has 156 valence electrons. The summed E-state index contributed by atoms with van der Waals surface area (Å²) in [6.45, 7) is -0.938. The number of rotatable bonds is 6. The van der Waals surface area contributed by atoms with E-state index in [1.165, 1.54) is 23.2 Å². The molecule has 0 saturated heterocycles. The number of halogens is 1. The van der Waals surface area contributed by atoms with Gasteiger partial charge in [0.05, 0.1) is 17.6 Å². The summed E-state index contributed by atoms with van der Waals surface area (Å²) in [4.78, 5) is 42.8. The fraction of sp³-hybridized carbons (Fsp3) is 0.238. The molecule has 0 radical (unpaired) electrons. The lowest BCUT2D eigenvalue weighted by molar-refractivity contribution is -0.129. The van der Waals surface area contributed by atoms with Crippen molar-refractivity contribution in [3.8, 4) is 0 Å². The van der Waals surface area contributed by atoms with Crippen LogP contribution in [0.3, 0.4) is 0 Å². The average molecular weight is 412 g/mol. The summed E-state index contributed by atoms with van der Waals surface area (Å²) in [7, 11) is 3.09. The molecular formula is C21H21FN4O4. The van der Waals surface area contributed by atoms with Crippen molar-refractivity contribution in [1.29, 1.82) is 0 Å². The Balaban J connectivity index is 2.23. The van der Waals surface area contributed by atoms with Gasteiger partial charge in [0.1, 0.15) is 17.9 Å². The number of carbonyl (C=O) groups excluding carboxylic acids is 2. The smallest absolute Gasteiger partial charge is 0.264 e. The van der Waals surface area contributed by atoms with Gasteiger partial charge in [-0.3, -0.25) is 23.9 Å². The lowest BCUT2D eigenvalue weighted by atomic mass is 10.0. The number of aliphatic hydroxyl groups is 1. The van der Waals surface area contributed by atoms with Gasteiger partial charge in [0.2, 0.25) is 5.91 Å². The van der Waals surface area contributed by atoms with Gasteiger partial charge in [-0.1, -0.05) is 12.1 Å². The third kappa shape index (κ3) is 4.06. The number of nitrogens with two attached hydrogens (primary N) is 1. The van der Waals surface area contributed by atoms with Crippen LogP contribution in [-0.4, -0.2) is 45.5 Å². The zero-order valence-electron chi connectivity index (χ0n) is 16.6. The van der Waals surface area contributed by atoms with Crippen LogP contribution in [0.2, 0.25) is 0 Å². The van der Waals surface area contributed by atoms with Crippen molar-refractivity contribution >= 4 is 22.8 Å². The number of carbonyl (C=O) groups is 2. The van der Waals surface area contributed by atoms with Gasteiger partial charge in [-0.25, -0.2) is 4.39 Å². The highest BCUT2D eigenvalue weighted by Crippen LogP contribution is 2.21. The van der Waals surface area contributed by atoms with E-state index >= 15 is 0 Å².